The Labute approximate surface area is 180 Å². The molecule has 7 nitrogen and oxygen atoms in total. The van der Waals surface area contributed by atoms with Gasteiger partial charge in [-0.1, -0.05) is 11.3 Å². The van der Waals surface area contributed by atoms with Crippen LogP contribution < -0.4 is 14.4 Å². The van der Waals surface area contributed by atoms with Crippen molar-refractivity contribution in [3.05, 3.63) is 47.5 Å². The quantitative estimate of drug-likeness (QED) is 0.548. The van der Waals surface area contributed by atoms with Crippen molar-refractivity contribution in [2.24, 2.45) is 0 Å². The SMILES string of the molecule is COc1ccc(OC)c2sc(N(CCCN(C)C)C(=O)c3ccc(C#N)cc3)nc12. The van der Waals surface area contributed by atoms with Crippen LogP contribution in [0.2, 0.25) is 0 Å². The lowest BCUT2D eigenvalue weighted by atomic mass is 10.1. The molecule has 0 saturated carbocycles. The smallest absolute Gasteiger partial charge is 0.260 e. The molecular formula is C22H24N4O3S. The Bertz CT molecular complexity index is 1030. The maximum absolute atomic E-state index is 13.3. The second-order valence-electron chi connectivity index (χ2n) is 6.95. The molecule has 8 heteroatoms. The van der Waals surface area contributed by atoms with E-state index in [1.807, 2.05) is 26.2 Å². The Morgan fingerprint density at radius 1 is 1.07 bits per heavy atom. The lowest BCUT2D eigenvalue weighted by molar-refractivity contribution is 0.0986. The molecular weight excluding hydrogens is 400 g/mol. The van der Waals surface area contributed by atoms with Gasteiger partial charge >= 0.3 is 0 Å². The van der Waals surface area contributed by atoms with Gasteiger partial charge in [0.25, 0.3) is 5.91 Å². The Balaban J connectivity index is 2.02. The van der Waals surface area contributed by atoms with Crippen LogP contribution in [0, 0.1) is 11.3 Å². The van der Waals surface area contributed by atoms with Gasteiger partial charge in [-0.15, -0.1) is 0 Å². The lowest BCUT2D eigenvalue weighted by Gasteiger charge is -2.21. The highest BCUT2D eigenvalue weighted by atomic mass is 32.1. The van der Waals surface area contributed by atoms with Crippen molar-refractivity contribution in [1.82, 2.24) is 9.88 Å². The van der Waals surface area contributed by atoms with Gasteiger partial charge in [0.2, 0.25) is 0 Å². The molecule has 0 N–H and O–H groups in total. The van der Waals surface area contributed by atoms with E-state index in [0.717, 1.165) is 17.7 Å². The van der Waals surface area contributed by atoms with Crippen molar-refractivity contribution in [3.63, 3.8) is 0 Å². The Morgan fingerprint density at radius 3 is 2.33 bits per heavy atom. The van der Waals surface area contributed by atoms with E-state index in [1.54, 1.807) is 43.4 Å². The summed E-state index contributed by atoms with van der Waals surface area (Å²) in [5, 5.41) is 9.60. The number of hydrogen-bond acceptors (Lipinski definition) is 7. The molecule has 0 radical (unpaired) electrons. The van der Waals surface area contributed by atoms with Crippen molar-refractivity contribution in [3.8, 4) is 17.6 Å². The fourth-order valence-electron chi connectivity index (χ4n) is 3.06. The van der Waals surface area contributed by atoms with Gasteiger partial charge in [-0.25, -0.2) is 4.98 Å². The van der Waals surface area contributed by atoms with Crippen LogP contribution in [0.3, 0.4) is 0 Å². The number of hydrogen-bond donors (Lipinski definition) is 0. The maximum Gasteiger partial charge on any atom is 0.260 e. The van der Waals surface area contributed by atoms with Gasteiger partial charge in [-0.3, -0.25) is 9.69 Å². The van der Waals surface area contributed by atoms with E-state index in [9.17, 15) is 4.79 Å². The zero-order chi connectivity index (χ0) is 21.7. The molecule has 0 saturated heterocycles. The number of aromatic nitrogens is 1. The summed E-state index contributed by atoms with van der Waals surface area (Å²) in [5.74, 6) is 1.16. The first kappa shape index (κ1) is 21.6. The standard InChI is InChI=1S/C22H24N4O3S/c1-25(2)12-5-13-26(21(27)16-8-6-15(14-23)7-9-16)22-24-19-17(28-3)10-11-18(29-4)20(19)30-22/h6-11H,5,12-13H2,1-4H3. The topological polar surface area (TPSA) is 78.7 Å². The zero-order valence-corrected chi connectivity index (χ0v) is 18.3. The normalized spacial score (nSPS) is 10.8. The highest BCUT2D eigenvalue weighted by molar-refractivity contribution is 7.22. The summed E-state index contributed by atoms with van der Waals surface area (Å²) < 4.78 is 11.8. The van der Waals surface area contributed by atoms with Crippen LogP contribution in [0.15, 0.2) is 36.4 Å². The number of thiazole rings is 1. The Morgan fingerprint density at radius 2 is 1.73 bits per heavy atom. The van der Waals surface area contributed by atoms with E-state index in [4.69, 9.17) is 19.7 Å². The number of fused-ring (bicyclic) bond motifs is 1. The van der Waals surface area contributed by atoms with Crippen LogP contribution >= 0.6 is 11.3 Å². The third-order valence-electron chi connectivity index (χ3n) is 4.62. The summed E-state index contributed by atoms with van der Waals surface area (Å²) in [6.45, 7) is 1.36. The van der Waals surface area contributed by atoms with E-state index in [-0.39, 0.29) is 5.91 Å². The van der Waals surface area contributed by atoms with Crippen molar-refractivity contribution < 1.29 is 14.3 Å². The predicted molar refractivity (Wildman–Crippen MR) is 119 cm³/mol. The first-order chi connectivity index (χ1) is 14.5. The molecule has 1 amide bonds. The highest BCUT2D eigenvalue weighted by Crippen LogP contribution is 2.40. The molecule has 0 spiro atoms. The molecule has 0 fully saturated rings. The summed E-state index contributed by atoms with van der Waals surface area (Å²) in [6.07, 6.45) is 0.791. The summed E-state index contributed by atoms with van der Waals surface area (Å²) >= 11 is 1.40. The molecule has 156 valence electrons. The van der Waals surface area contributed by atoms with E-state index in [1.165, 1.54) is 11.3 Å². The average molecular weight is 425 g/mol. The molecule has 1 heterocycles. The molecule has 1 aromatic heterocycles. The molecule has 2 aromatic carbocycles. The third-order valence-corrected chi connectivity index (χ3v) is 5.72. The van der Waals surface area contributed by atoms with E-state index >= 15 is 0 Å². The third kappa shape index (κ3) is 4.53. The molecule has 0 bridgehead atoms. The maximum atomic E-state index is 13.3. The molecule has 0 aliphatic heterocycles. The van der Waals surface area contributed by atoms with Crippen LogP contribution in [0.5, 0.6) is 11.5 Å². The minimum absolute atomic E-state index is 0.157. The second kappa shape index (κ2) is 9.57. The minimum Gasteiger partial charge on any atom is -0.495 e. The van der Waals surface area contributed by atoms with Crippen LogP contribution in [-0.4, -0.2) is 57.2 Å². The first-order valence-electron chi connectivity index (χ1n) is 9.46. The first-order valence-corrected chi connectivity index (χ1v) is 10.3. The van der Waals surface area contributed by atoms with Gasteiger partial charge in [0.15, 0.2) is 5.13 Å². The fraction of sp³-hybridized carbons (Fsp3) is 0.318. The summed E-state index contributed by atoms with van der Waals surface area (Å²) in [7, 11) is 7.20. The van der Waals surface area contributed by atoms with Crippen molar-refractivity contribution in [1.29, 1.82) is 5.26 Å². The number of rotatable bonds is 8. The number of nitriles is 1. The summed E-state index contributed by atoms with van der Waals surface area (Å²) in [5.41, 5.74) is 1.69. The van der Waals surface area contributed by atoms with Crippen LogP contribution in [0.4, 0.5) is 5.13 Å². The van der Waals surface area contributed by atoms with Gasteiger partial charge in [0, 0.05) is 12.1 Å². The van der Waals surface area contributed by atoms with E-state index in [0.29, 0.717) is 39.8 Å². The largest absolute Gasteiger partial charge is 0.495 e. The molecule has 0 aliphatic rings. The van der Waals surface area contributed by atoms with Crippen molar-refractivity contribution in [2.45, 2.75) is 6.42 Å². The van der Waals surface area contributed by atoms with Gasteiger partial charge in [0.1, 0.15) is 21.7 Å². The van der Waals surface area contributed by atoms with Crippen LogP contribution in [0.1, 0.15) is 22.3 Å². The van der Waals surface area contributed by atoms with Gasteiger partial charge in [-0.2, -0.15) is 5.26 Å². The average Bonchev–Trinajstić information content (AvgIpc) is 3.20. The van der Waals surface area contributed by atoms with Gasteiger partial charge < -0.3 is 14.4 Å². The molecule has 0 atom stereocenters. The molecule has 3 aromatic rings. The minimum atomic E-state index is -0.157. The number of anilines is 1. The number of ether oxygens (including phenoxy) is 2. The van der Waals surface area contributed by atoms with E-state index < -0.39 is 0 Å². The zero-order valence-electron chi connectivity index (χ0n) is 17.5. The Kier molecular flexibility index (Phi) is 6.87. The molecule has 3 rings (SSSR count). The van der Waals surface area contributed by atoms with Gasteiger partial charge in [0.05, 0.1) is 25.9 Å². The van der Waals surface area contributed by atoms with Gasteiger partial charge in [-0.05, 0) is 63.5 Å². The predicted octanol–water partition coefficient (Wildman–Crippen LogP) is 3.78. The number of amides is 1. The lowest BCUT2D eigenvalue weighted by Crippen LogP contribution is -2.33. The molecule has 30 heavy (non-hydrogen) atoms. The summed E-state index contributed by atoms with van der Waals surface area (Å²) in [4.78, 5) is 21.8. The number of benzene rings is 2. The van der Waals surface area contributed by atoms with Crippen LogP contribution in [0.25, 0.3) is 10.2 Å². The molecule has 0 unspecified atom stereocenters. The highest BCUT2D eigenvalue weighted by Gasteiger charge is 2.23. The Hall–Kier alpha value is -3.15. The van der Waals surface area contributed by atoms with Crippen molar-refractivity contribution in [2.75, 3.05) is 46.3 Å². The number of methoxy groups -OCH3 is 2. The number of nitrogens with zero attached hydrogens (tertiary/aromatic N) is 4. The van der Waals surface area contributed by atoms with E-state index in [2.05, 4.69) is 11.0 Å². The number of carbonyl (C=O) groups is 1. The number of carbonyl (C=O) groups excluding carboxylic acids is 1. The van der Waals surface area contributed by atoms with Crippen LogP contribution in [-0.2, 0) is 0 Å². The van der Waals surface area contributed by atoms with Crippen molar-refractivity contribution >= 4 is 32.6 Å². The fourth-order valence-corrected chi connectivity index (χ4v) is 4.16. The molecule has 0 aliphatic carbocycles. The second-order valence-corrected chi connectivity index (χ2v) is 7.92. The summed E-state index contributed by atoms with van der Waals surface area (Å²) in [6, 6.07) is 12.4. The monoisotopic (exact) mass is 424 g/mol.